The van der Waals surface area contributed by atoms with Crippen molar-refractivity contribution in [1.82, 2.24) is 5.32 Å². The molecule has 2 atom stereocenters. The lowest BCUT2D eigenvalue weighted by molar-refractivity contribution is 0.0940. The Hall–Kier alpha value is -1.10. The Morgan fingerprint density at radius 3 is 3.00 bits per heavy atom. The number of aromatic hydroxyl groups is 1. The zero-order chi connectivity index (χ0) is 13.8. The zero-order valence-electron chi connectivity index (χ0n) is 10.5. The molecule has 3 nitrogen and oxygen atoms in total. The molecule has 2 unspecified atom stereocenters. The lowest BCUT2D eigenvalue weighted by atomic mass is 9.89. The standard InChI is InChI=1S/C14H17BrFNO2/c15-10-3-1-2-9(6-10)8-17-14(19)12-7-11(16)4-5-13(12)18/h4-5,7,9-10,18H,1-3,6,8H2,(H,17,19). The number of phenolic OH excluding ortho intramolecular Hbond substituents is 1. The summed E-state index contributed by atoms with van der Waals surface area (Å²) in [5.41, 5.74) is -0.00815. The van der Waals surface area contributed by atoms with Crippen LogP contribution >= 0.6 is 15.9 Å². The van der Waals surface area contributed by atoms with Crippen LogP contribution < -0.4 is 5.32 Å². The van der Waals surface area contributed by atoms with Crippen LogP contribution in [0.15, 0.2) is 18.2 Å². The molecule has 0 bridgehead atoms. The van der Waals surface area contributed by atoms with Gasteiger partial charge in [-0.1, -0.05) is 22.4 Å². The Morgan fingerprint density at radius 1 is 1.47 bits per heavy atom. The van der Waals surface area contributed by atoms with E-state index in [1.807, 2.05) is 0 Å². The number of hydrogen-bond acceptors (Lipinski definition) is 2. The van der Waals surface area contributed by atoms with Crippen LogP contribution in [0, 0.1) is 11.7 Å². The van der Waals surface area contributed by atoms with Crippen LogP contribution in [-0.4, -0.2) is 22.4 Å². The van der Waals surface area contributed by atoms with E-state index in [0.29, 0.717) is 17.3 Å². The van der Waals surface area contributed by atoms with Crippen molar-refractivity contribution in [3.8, 4) is 5.75 Å². The molecule has 0 aliphatic heterocycles. The fraction of sp³-hybridized carbons (Fsp3) is 0.500. The largest absolute Gasteiger partial charge is 0.507 e. The Labute approximate surface area is 120 Å². The molecule has 0 spiro atoms. The summed E-state index contributed by atoms with van der Waals surface area (Å²) in [6, 6.07) is 3.38. The molecule has 0 radical (unpaired) electrons. The van der Waals surface area contributed by atoms with Gasteiger partial charge in [0, 0.05) is 11.4 Å². The van der Waals surface area contributed by atoms with Crippen LogP contribution in [0.2, 0.25) is 0 Å². The fourth-order valence-corrected chi connectivity index (χ4v) is 3.29. The summed E-state index contributed by atoms with van der Waals surface area (Å²) < 4.78 is 13.1. The van der Waals surface area contributed by atoms with Crippen LogP contribution in [0.4, 0.5) is 4.39 Å². The summed E-state index contributed by atoms with van der Waals surface area (Å²) in [6.45, 7) is 0.566. The number of amides is 1. The van der Waals surface area contributed by atoms with Gasteiger partial charge in [-0.15, -0.1) is 0 Å². The summed E-state index contributed by atoms with van der Waals surface area (Å²) in [6.07, 6.45) is 4.46. The van der Waals surface area contributed by atoms with Gasteiger partial charge in [0.2, 0.25) is 0 Å². The molecule has 0 saturated heterocycles. The van der Waals surface area contributed by atoms with Gasteiger partial charge in [0.05, 0.1) is 5.56 Å². The molecule has 1 fully saturated rings. The Morgan fingerprint density at radius 2 is 2.26 bits per heavy atom. The van der Waals surface area contributed by atoms with Crippen molar-refractivity contribution in [1.29, 1.82) is 0 Å². The SMILES string of the molecule is O=C(NCC1CCCC(Br)C1)c1cc(F)ccc1O. The van der Waals surface area contributed by atoms with Crippen molar-refractivity contribution >= 4 is 21.8 Å². The minimum absolute atomic E-state index is 0.00815. The number of carbonyl (C=O) groups is 1. The van der Waals surface area contributed by atoms with E-state index in [9.17, 15) is 14.3 Å². The minimum atomic E-state index is -0.527. The number of halogens is 2. The Balaban J connectivity index is 1.92. The summed E-state index contributed by atoms with van der Waals surface area (Å²) in [4.78, 5) is 12.4. The number of phenols is 1. The lowest BCUT2D eigenvalue weighted by Gasteiger charge is -2.25. The third-order valence-corrected chi connectivity index (χ3v) is 4.30. The second-order valence-electron chi connectivity index (χ2n) is 5.00. The first-order chi connectivity index (χ1) is 9.06. The first-order valence-corrected chi connectivity index (χ1v) is 7.38. The van der Waals surface area contributed by atoms with E-state index in [1.54, 1.807) is 0 Å². The monoisotopic (exact) mass is 329 g/mol. The van der Waals surface area contributed by atoms with E-state index in [-0.39, 0.29) is 11.3 Å². The highest BCUT2D eigenvalue weighted by atomic mass is 79.9. The number of rotatable bonds is 3. The van der Waals surface area contributed by atoms with Crippen LogP contribution in [0.25, 0.3) is 0 Å². The smallest absolute Gasteiger partial charge is 0.255 e. The first-order valence-electron chi connectivity index (χ1n) is 6.47. The third kappa shape index (κ3) is 3.93. The second kappa shape index (κ2) is 6.37. The summed E-state index contributed by atoms with van der Waals surface area (Å²) >= 11 is 3.60. The van der Waals surface area contributed by atoms with Crippen LogP contribution in [0.1, 0.15) is 36.0 Å². The quantitative estimate of drug-likeness (QED) is 0.836. The Kier molecular flexibility index (Phi) is 4.80. The summed E-state index contributed by atoms with van der Waals surface area (Å²) in [5, 5.41) is 12.3. The van der Waals surface area contributed by atoms with Gasteiger partial charge in [-0.05, 0) is 43.4 Å². The van der Waals surface area contributed by atoms with E-state index < -0.39 is 11.7 Å². The maximum Gasteiger partial charge on any atom is 0.255 e. The van der Waals surface area contributed by atoms with Crippen molar-refractivity contribution in [3.05, 3.63) is 29.6 Å². The van der Waals surface area contributed by atoms with Crippen molar-refractivity contribution in [2.75, 3.05) is 6.54 Å². The van der Waals surface area contributed by atoms with E-state index in [2.05, 4.69) is 21.2 Å². The number of benzene rings is 1. The first kappa shape index (κ1) is 14.3. The summed E-state index contributed by atoms with van der Waals surface area (Å²) in [5.74, 6) is -0.700. The zero-order valence-corrected chi connectivity index (χ0v) is 12.1. The molecule has 1 amide bonds. The molecule has 2 rings (SSSR count). The third-order valence-electron chi connectivity index (χ3n) is 3.47. The molecule has 1 aliphatic rings. The fourth-order valence-electron chi connectivity index (χ4n) is 2.43. The molecule has 0 aromatic heterocycles. The molecule has 19 heavy (non-hydrogen) atoms. The van der Waals surface area contributed by atoms with E-state index in [1.165, 1.54) is 12.5 Å². The molecule has 2 N–H and O–H groups in total. The van der Waals surface area contributed by atoms with E-state index in [0.717, 1.165) is 31.4 Å². The van der Waals surface area contributed by atoms with Crippen molar-refractivity contribution in [2.24, 2.45) is 5.92 Å². The van der Waals surface area contributed by atoms with Gasteiger partial charge in [0.1, 0.15) is 11.6 Å². The average Bonchev–Trinajstić information content (AvgIpc) is 2.39. The van der Waals surface area contributed by atoms with Gasteiger partial charge < -0.3 is 10.4 Å². The molecular formula is C14H17BrFNO2. The molecule has 5 heteroatoms. The van der Waals surface area contributed by atoms with Gasteiger partial charge in [-0.25, -0.2) is 4.39 Å². The molecular weight excluding hydrogens is 313 g/mol. The van der Waals surface area contributed by atoms with E-state index >= 15 is 0 Å². The van der Waals surface area contributed by atoms with Crippen molar-refractivity contribution in [2.45, 2.75) is 30.5 Å². The number of carbonyl (C=O) groups excluding carboxylic acids is 1. The van der Waals surface area contributed by atoms with Crippen molar-refractivity contribution in [3.63, 3.8) is 0 Å². The molecule has 1 aromatic rings. The van der Waals surface area contributed by atoms with Crippen LogP contribution in [0.5, 0.6) is 5.75 Å². The van der Waals surface area contributed by atoms with Crippen LogP contribution in [-0.2, 0) is 0 Å². The normalized spacial score (nSPS) is 23.1. The highest BCUT2D eigenvalue weighted by Gasteiger charge is 2.21. The Bertz CT molecular complexity index is 467. The van der Waals surface area contributed by atoms with Gasteiger partial charge in [-0.2, -0.15) is 0 Å². The predicted molar refractivity (Wildman–Crippen MR) is 75.1 cm³/mol. The maximum atomic E-state index is 13.1. The minimum Gasteiger partial charge on any atom is -0.507 e. The van der Waals surface area contributed by atoms with Gasteiger partial charge in [-0.3, -0.25) is 4.79 Å². The van der Waals surface area contributed by atoms with Gasteiger partial charge in [0.15, 0.2) is 0 Å². The molecule has 0 heterocycles. The number of nitrogens with one attached hydrogen (secondary N) is 1. The molecule has 1 aliphatic carbocycles. The second-order valence-corrected chi connectivity index (χ2v) is 6.30. The van der Waals surface area contributed by atoms with Gasteiger partial charge >= 0.3 is 0 Å². The maximum absolute atomic E-state index is 13.1. The predicted octanol–water partition coefficient (Wildman–Crippen LogP) is 3.21. The van der Waals surface area contributed by atoms with Gasteiger partial charge in [0.25, 0.3) is 5.91 Å². The van der Waals surface area contributed by atoms with Crippen molar-refractivity contribution < 1.29 is 14.3 Å². The summed E-state index contributed by atoms with van der Waals surface area (Å²) in [7, 11) is 0. The molecule has 104 valence electrons. The topological polar surface area (TPSA) is 49.3 Å². The molecule has 1 saturated carbocycles. The lowest BCUT2D eigenvalue weighted by Crippen LogP contribution is -2.32. The van der Waals surface area contributed by atoms with E-state index in [4.69, 9.17) is 0 Å². The molecule has 1 aromatic carbocycles. The number of alkyl halides is 1. The number of hydrogen-bond donors (Lipinski definition) is 2. The average molecular weight is 330 g/mol. The van der Waals surface area contributed by atoms with Crippen LogP contribution in [0.3, 0.4) is 0 Å². The highest BCUT2D eigenvalue weighted by Crippen LogP contribution is 2.28. The highest BCUT2D eigenvalue weighted by molar-refractivity contribution is 9.09.